The number of likely N-dealkylation sites (N-methyl/N-ethyl adjacent to an activating group) is 1. The molecule has 1 saturated heterocycles. The number of hydrogen-bond acceptors (Lipinski definition) is 4. The Morgan fingerprint density at radius 1 is 1.32 bits per heavy atom. The summed E-state index contributed by atoms with van der Waals surface area (Å²) in [5, 5.41) is 4.31. The smallest absolute Gasteiger partial charge is 0.290 e. The van der Waals surface area contributed by atoms with E-state index in [0.29, 0.717) is 18.3 Å². The molecule has 1 aliphatic rings. The first-order valence-electron chi connectivity index (χ1n) is 8.22. The van der Waals surface area contributed by atoms with Crippen LogP contribution in [0.1, 0.15) is 29.0 Å². The highest BCUT2D eigenvalue weighted by molar-refractivity contribution is 5.99. The fourth-order valence-electron chi connectivity index (χ4n) is 3.29. The predicted octanol–water partition coefficient (Wildman–Crippen LogP) is 3.16. The van der Waals surface area contributed by atoms with Gasteiger partial charge in [0.25, 0.3) is 5.91 Å². The summed E-state index contributed by atoms with van der Waals surface area (Å²) < 4.78 is 5.95. The number of benzene rings is 1. The third kappa shape index (κ3) is 4.67. The van der Waals surface area contributed by atoms with Crippen molar-refractivity contribution in [3.63, 3.8) is 0 Å². The maximum Gasteiger partial charge on any atom is 0.290 e. The van der Waals surface area contributed by atoms with Crippen LogP contribution in [-0.4, -0.2) is 56.0 Å². The molecular weight excluding hydrogens is 361 g/mol. The molecule has 0 saturated carbocycles. The fraction of sp³-hybridized carbons (Fsp3) is 0.500. The average Bonchev–Trinajstić information content (AvgIpc) is 2.92. The van der Waals surface area contributed by atoms with Gasteiger partial charge in [0.1, 0.15) is 5.58 Å². The molecule has 1 unspecified atom stereocenters. The van der Waals surface area contributed by atoms with Gasteiger partial charge in [0.2, 0.25) is 0 Å². The highest BCUT2D eigenvalue weighted by Crippen LogP contribution is 2.28. The number of para-hydroxylation sites is 1. The van der Waals surface area contributed by atoms with Crippen LogP contribution in [-0.2, 0) is 6.54 Å². The van der Waals surface area contributed by atoms with E-state index in [9.17, 15) is 4.79 Å². The maximum absolute atomic E-state index is 13.0. The SMILES string of the molecule is CNC1CCCN(C(=O)c2oc3ccccc3c2CN(C)C)C1.Cl.Cl. The van der Waals surface area contributed by atoms with Crippen LogP contribution in [0.2, 0.25) is 0 Å². The molecule has 1 aromatic carbocycles. The molecule has 3 rings (SSSR count). The van der Waals surface area contributed by atoms with Crippen LogP contribution in [0, 0.1) is 0 Å². The lowest BCUT2D eigenvalue weighted by molar-refractivity contribution is 0.0666. The number of fused-ring (bicyclic) bond motifs is 1. The van der Waals surface area contributed by atoms with Gasteiger partial charge >= 0.3 is 0 Å². The number of furan rings is 1. The molecule has 1 fully saturated rings. The van der Waals surface area contributed by atoms with Crippen molar-refractivity contribution in [2.75, 3.05) is 34.2 Å². The third-order valence-electron chi connectivity index (χ3n) is 4.48. The topological polar surface area (TPSA) is 48.7 Å². The zero-order chi connectivity index (χ0) is 16.4. The van der Waals surface area contributed by atoms with Gasteiger partial charge in [-0.2, -0.15) is 0 Å². The second-order valence-corrected chi connectivity index (χ2v) is 6.52. The predicted molar refractivity (Wildman–Crippen MR) is 106 cm³/mol. The van der Waals surface area contributed by atoms with Gasteiger partial charge in [-0.1, -0.05) is 18.2 Å². The number of piperidine rings is 1. The van der Waals surface area contributed by atoms with E-state index in [1.165, 1.54) is 0 Å². The number of hydrogen-bond donors (Lipinski definition) is 1. The van der Waals surface area contributed by atoms with Gasteiger partial charge < -0.3 is 19.5 Å². The van der Waals surface area contributed by atoms with E-state index in [0.717, 1.165) is 42.5 Å². The second-order valence-electron chi connectivity index (χ2n) is 6.52. The Kier molecular flexibility index (Phi) is 8.22. The van der Waals surface area contributed by atoms with E-state index in [2.05, 4.69) is 10.2 Å². The Morgan fingerprint density at radius 3 is 2.72 bits per heavy atom. The Morgan fingerprint density at radius 2 is 2.04 bits per heavy atom. The summed E-state index contributed by atoms with van der Waals surface area (Å²) in [5.74, 6) is 0.509. The zero-order valence-corrected chi connectivity index (χ0v) is 16.6. The minimum atomic E-state index is 0. The van der Waals surface area contributed by atoms with E-state index in [1.54, 1.807) is 0 Å². The molecule has 140 valence electrons. The quantitative estimate of drug-likeness (QED) is 0.874. The molecule has 2 aromatic rings. The van der Waals surface area contributed by atoms with Crippen molar-refractivity contribution in [2.24, 2.45) is 0 Å². The summed E-state index contributed by atoms with van der Waals surface area (Å²) in [5.41, 5.74) is 1.78. The van der Waals surface area contributed by atoms with Crippen LogP contribution in [0.3, 0.4) is 0 Å². The molecule has 2 heterocycles. The van der Waals surface area contributed by atoms with Gasteiger partial charge in [-0.25, -0.2) is 0 Å². The van der Waals surface area contributed by atoms with Gasteiger partial charge in [0.05, 0.1) is 0 Å². The van der Waals surface area contributed by atoms with Crippen LogP contribution >= 0.6 is 24.8 Å². The van der Waals surface area contributed by atoms with E-state index >= 15 is 0 Å². The molecule has 5 nitrogen and oxygen atoms in total. The number of amides is 1. The normalized spacial score (nSPS) is 17.3. The Bertz CT molecular complexity index is 703. The highest BCUT2D eigenvalue weighted by Gasteiger charge is 2.28. The summed E-state index contributed by atoms with van der Waals surface area (Å²) >= 11 is 0. The summed E-state index contributed by atoms with van der Waals surface area (Å²) in [6.45, 7) is 2.24. The van der Waals surface area contributed by atoms with E-state index in [-0.39, 0.29) is 30.7 Å². The standard InChI is InChI=1S/C18H25N3O2.2ClH/c1-19-13-7-6-10-21(11-13)18(22)17-15(12-20(2)3)14-8-4-5-9-16(14)23-17;;/h4-5,8-9,13,19H,6-7,10-12H2,1-3H3;2*1H. The molecule has 1 aromatic heterocycles. The molecule has 1 atom stereocenters. The third-order valence-corrected chi connectivity index (χ3v) is 4.48. The Balaban J connectivity index is 0.00000156. The summed E-state index contributed by atoms with van der Waals surface area (Å²) in [6.07, 6.45) is 2.14. The number of carbonyl (C=O) groups is 1. The largest absolute Gasteiger partial charge is 0.451 e. The number of likely N-dealkylation sites (tertiary alicyclic amines) is 1. The lowest BCUT2D eigenvalue weighted by Gasteiger charge is -2.32. The van der Waals surface area contributed by atoms with Gasteiger partial charge in [0, 0.05) is 36.6 Å². The molecule has 0 bridgehead atoms. The lowest BCUT2D eigenvalue weighted by Crippen LogP contribution is -2.47. The van der Waals surface area contributed by atoms with Crippen LogP contribution in [0.15, 0.2) is 28.7 Å². The van der Waals surface area contributed by atoms with Crippen LogP contribution < -0.4 is 5.32 Å². The molecule has 1 N–H and O–H groups in total. The molecule has 0 spiro atoms. The second kappa shape index (κ2) is 9.43. The van der Waals surface area contributed by atoms with Crippen molar-refractivity contribution in [2.45, 2.75) is 25.4 Å². The number of halogens is 2. The zero-order valence-electron chi connectivity index (χ0n) is 14.9. The maximum atomic E-state index is 13.0. The number of rotatable bonds is 4. The van der Waals surface area contributed by atoms with Gasteiger partial charge in [0.15, 0.2) is 5.76 Å². The van der Waals surface area contributed by atoms with Gasteiger partial charge in [-0.3, -0.25) is 4.79 Å². The first-order valence-corrected chi connectivity index (χ1v) is 8.22. The molecule has 25 heavy (non-hydrogen) atoms. The van der Waals surface area contributed by atoms with Crippen molar-refractivity contribution < 1.29 is 9.21 Å². The molecule has 1 amide bonds. The van der Waals surface area contributed by atoms with E-state index < -0.39 is 0 Å². The number of carbonyl (C=O) groups excluding carboxylic acids is 1. The first-order chi connectivity index (χ1) is 11.1. The van der Waals surface area contributed by atoms with Crippen LogP contribution in [0.5, 0.6) is 0 Å². The molecular formula is C18H27Cl2N3O2. The monoisotopic (exact) mass is 387 g/mol. The van der Waals surface area contributed by atoms with Gasteiger partial charge in [-0.15, -0.1) is 24.8 Å². The summed E-state index contributed by atoms with van der Waals surface area (Å²) in [7, 11) is 5.97. The van der Waals surface area contributed by atoms with Crippen LogP contribution in [0.4, 0.5) is 0 Å². The van der Waals surface area contributed by atoms with Crippen molar-refractivity contribution >= 4 is 41.7 Å². The Labute approximate surface area is 161 Å². The van der Waals surface area contributed by atoms with Crippen molar-refractivity contribution in [3.8, 4) is 0 Å². The fourth-order valence-corrected chi connectivity index (χ4v) is 3.29. The van der Waals surface area contributed by atoms with Crippen molar-refractivity contribution in [3.05, 3.63) is 35.6 Å². The van der Waals surface area contributed by atoms with Crippen molar-refractivity contribution in [1.82, 2.24) is 15.1 Å². The van der Waals surface area contributed by atoms with E-state index in [1.807, 2.05) is 50.3 Å². The van der Waals surface area contributed by atoms with E-state index in [4.69, 9.17) is 4.42 Å². The molecule has 0 aliphatic carbocycles. The molecule has 0 radical (unpaired) electrons. The van der Waals surface area contributed by atoms with Crippen LogP contribution in [0.25, 0.3) is 11.0 Å². The highest BCUT2D eigenvalue weighted by atomic mass is 35.5. The molecule has 1 aliphatic heterocycles. The molecule has 7 heteroatoms. The Hall–Kier alpha value is -1.27. The minimum absolute atomic E-state index is 0. The number of nitrogens with one attached hydrogen (secondary N) is 1. The van der Waals surface area contributed by atoms with Crippen molar-refractivity contribution in [1.29, 1.82) is 0 Å². The summed E-state index contributed by atoms with van der Waals surface area (Å²) in [6, 6.07) is 8.26. The number of nitrogens with zero attached hydrogens (tertiary/aromatic N) is 2. The summed E-state index contributed by atoms with van der Waals surface area (Å²) in [4.78, 5) is 17.0. The van der Waals surface area contributed by atoms with Gasteiger partial charge in [-0.05, 0) is 40.1 Å². The average molecular weight is 388 g/mol. The first kappa shape index (κ1) is 21.8. The minimum Gasteiger partial charge on any atom is -0.451 e. The lowest BCUT2D eigenvalue weighted by atomic mass is 10.0.